The first-order chi connectivity index (χ1) is 17.1. The molecule has 0 aliphatic carbocycles. The minimum atomic E-state index is 0.207. The topological polar surface area (TPSA) is 112 Å². The Morgan fingerprint density at radius 3 is 1.63 bits per heavy atom. The van der Waals surface area contributed by atoms with Gasteiger partial charge in [-0.2, -0.15) is 0 Å². The van der Waals surface area contributed by atoms with Gasteiger partial charge in [-0.05, 0) is 0 Å². The second-order valence-corrected chi connectivity index (χ2v) is 7.68. The Morgan fingerprint density at radius 1 is 0.800 bits per heavy atom. The Kier molecular flexibility index (Phi) is 25.1. The van der Waals surface area contributed by atoms with Crippen LogP contribution in [-0.2, 0) is 47.4 Å². The zero-order valence-corrected chi connectivity index (χ0v) is 22.3. The van der Waals surface area contributed by atoms with Gasteiger partial charge in [0.25, 0.3) is 0 Å². The Labute approximate surface area is 217 Å². The van der Waals surface area contributed by atoms with Gasteiger partial charge in [-0.25, -0.2) is 0 Å². The minimum absolute atomic E-state index is 0.207. The van der Waals surface area contributed by atoms with E-state index >= 15 is 0 Å². The fraction of sp³-hybridized carbons (Fsp3) is 0.185. The molecule has 0 N–H and O–H groups in total. The molecule has 0 bridgehead atoms. The number of allylic oxidation sites excluding steroid dienone is 1. The van der Waals surface area contributed by atoms with Crippen LogP contribution in [0.1, 0.15) is 30.9 Å². The van der Waals surface area contributed by atoms with Gasteiger partial charge in [0, 0.05) is 0 Å². The molecule has 1 unspecified atom stereocenters. The molecule has 7 nitrogen and oxygen atoms in total. The fourth-order valence-electron chi connectivity index (χ4n) is 3.24. The summed E-state index contributed by atoms with van der Waals surface area (Å²) in [7, 11) is 1.78. The molecule has 0 radical (unpaired) electrons. The number of nitrogens with zero attached hydrogens (tertiary/aromatic N) is 1. The molecule has 1 heterocycles. The van der Waals surface area contributed by atoms with E-state index in [0.29, 0.717) is 6.04 Å². The standard InChI is InChI=1S/C22H23NO.5CO.W/c1-17(2)23-15-14-20(18-10-6-4-7-11-18)21(16-24-3)22(23)19-12-8-5-9-13-19;5*1-2;/h4-15,17,20H,1-3H3;;;;;;. The summed E-state index contributed by atoms with van der Waals surface area (Å²) in [5.41, 5.74) is 5.04. The van der Waals surface area contributed by atoms with Gasteiger partial charge < -0.3 is 0 Å². The molecule has 8 heteroatoms. The predicted molar refractivity (Wildman–Crippen MR) is 120 cm³/mol. The van der Waals surface area contributed by atoms with Crippen molar-refractivity contribution in [1.82, 2.24) is 4.90 Å². The predicted octanol–water partition coefficient (Wildman–Crippen LogP) is 4.55. The molecule has 1 aliphatic rings. The van der Waals surface area contributed by atoms with Gasteiger partial charge in [-0.15, -0.1) is 0 Å². The first-order valence-corrected chi connectivity index (χ1v) is 11.0. The average molecular weight is 641 g/mol. The average Bonchev–Trinajstić information content (AvgIpc) is 2.98. The van der Waals surface area contributed by atoms with Crippen molar-refractivity contribution in [3.8, 4) is 0 Å². The van der Waals surface area contributed by atoms with Gasteiger partial charge in [0.2, 0.25) is 0 Å². The molecular formula is C27H23NO6W. The molecule has 0 aromatic heterocycles. The van der Waals surface area contributed by atoms with Crippen molar-refractivity contribution in [2.45, 2.75) is 25.8 Å². The third kappa shape index (κ3) is 11.3. The van der Waals surface area contributed by atoms with E-state index in [2.05, 4.69) is 125 Å². The van der Waals surface area contributed by atoms with Crippen LogP contribution < -0.4 is 0 Å². The molecule has 0 fully saturated rings. The summed E-state index contributed by atoms with van der Waals surface area (Å²) in [6.07, 6.45) is 4.52. The zero-order valence-electron chi connectivity index (χ0n) is 19.4. The Hall–Kier alpha value is -3.06. The molecule has 178 valence electrons. The van der Waals surface area contributed by atoms with Crippen LogP contribution in [0.4, 0.5) is 0 Å². The first kappa shape index (κ1) is 36.5. The summed E-state index contributed by atoms with van der Waals surface area (Å²) in [5, 5.41) is 0. The van der Waals surface area contributed by atoms with E-state index in [9.17, 15) is 0 Å². The number of hydrogen-bond acceptors (Lipinski definition) is 2. The molecule has 0 saturated carbocycles. The van der Waals surface area contributed by atoms with Crippen molar-refractivity contribution >= 4 is 9.78 Å². The quantitative estimate of drug-likeness (QED) is 0.353. The SMILES string of the molecule is CO[C](=[W])C1=C(c2ccccc2)N(C(C)C)C=CC1c1ccccc1.[C-]#[O+].[C-]#[O+].[C-]#[O+].[C-]#[O+].[C-]#[O+]. The second-order valence-electron chi connectivity index (χ2n) is 6.35. The second kappa shape index (κ2) is 24.1. The number of rotatable bonds is 5. The van der Waals surface area contributed by atoms with Crippen LogP contribution in [-0.4, -0.2) is 22.1 Å². The molecule has 3 rings (SSSR count). The van der Waals surface area contributed by atoms with Crippen molar-refractivity contribution in [1.29, 1.82) is 0 Å². The fourth-order valence-corrected chi connectivity index (χ4v) is 4.04. The maximum absolute atomic E-state index is 7.50. The van der Waals surface area contributed by atoms with E-state index in [4.69, 9.17) is 28.0 Å². The van der Waals surface area contributed by atoms with Crippen molar-refractivity contribution in [3.63, 3.8) is 0 Å². The van der Waals surface area contributed by atoms with Crippen molar-refractivity contribution in [2.24, 2.45) is 0 Å². The molecular weight excluding hydrogens is 618 g/mol. The monoisotopic (exact) mass is 641 g/mol. The van der Waals surface area contributed by atoms with Gasteiger partial charge >= 0.3 is 218 Å². The third-order valence-corrected chi connectivity index (χ3v) is 5.82. The summed E-state index contributed by atoms with van der Waals surface area (Å²) < 4.78 is 44.3. The number of ether oxygens (including phenoxy) is 1. The molecule has 35 heavy (non-hydrogen) atoms. The van der Waals surface area contributed by atoms with Gasteiger partial charge in [0.1, 0.15) is 0 Å². The van der Waals surface area contributed by atoms with E-state index in [1.54, 1.807) is 7.11 Å². The van der Waals surface area contributed by atoms with Gasteiger partial charge in [0.15, 0.2) is 0 Å². The van der Waals surface area contributed by atoms with Gasteiger partial charge in [-0.3, -0.25) is 0 Å². The van der Waals surface area contributed by atoms with Crippen LogP contribution in [0.2, 0.25) is 0 Å². The normalized spacial score (nSPS) is 12.6. The molecule has 1 aliphatic heterocycles. The number of benzene rings is 2. The van der Waals surface area contributed by atoms with E-state index in [1.165, 1.54) is 41.8 Å². The first-order valence-electron chi connectivity index (χ1n) is 9.55. The zero-order chi connectivity index (χ0) is 27.8. The summed E-state index contributed by atoms with van der Waals surface area (Å²) in [6, 6.07) is 21.7. The number of hydrogen-bond donors (Lipinski definition) is 0. The van der Waals surface area contributed by atoms with Crippen LogP contribution in [0.3, 0.4) is 0 Å². The van der Waals surface area contributed by atoms with Gasteiger partial charge in [0.05, 0.1) is 0 Å². The molecule has 1 atom stereocenters. The Bertz CT molecular complexity index is 984. The van der Waals surface area contributed by atoms with E-state index in [0.717, 1.165) is 4.08 Å². The maximum atomic E-state index is 7.50. The van der Waals surface area contributed by atoms with Crippen LogP contribution in [0.5, 0.6) is 0 Å². The molecule has 2 aromatic carbocycles. The third-order valence-electron chi connectivity index (χ3n) is 4.43. The van der Waals surface area contributed by atoms with Crippen LogP contribution in [0.15, 0.2) is 78.5 Å². The summed E-state index contributed by atoms with van der Waals surface area (Å²) in [6.45, 7) is 26.9. The van der Waals surface area contributed by atoms with E-state index < -0.39 is 0 Å². The molecule has 0 spiro atoms. The summed E-state index contributed by atoms with van der Waals surface area (Å²) in [5.74, 6) is 0.207. The van der Waals surface area contributed by atoms with Crippen LogP contribution in [0.25, 0.3) is 5.70 Å². The van der Waals surface area contributed by atoms with Crippen LogP contribution in [0, 0.1) is 33.3 Å². The Balaban J connectivity index is -0.000000912. The molecule has 0 amide bonds. The van der Waals surface area contributed by atoms with Crippen LogP contribution >= 0.6 is 0 Å². The summed E-state index contributed by atoms with van der Waals surface area (Å²) in [4.78, 5) is 2.35. The Morgan fingerprint density at radius 2 is 1.23 bits per heavy atom. The number of methoxy groups -OCH3 is 1. The van der Waals surface area contributed by atoms with Crippen molar-refractivity contribution in [2.75, 3.05) is 7.11 Å². The summed E-state index contributed by atoms with van der Waals surface area (Å²) >= 11 is 1.35. The van der Waals surface area contributed by atoms with Crippen molar-refractivity contribution < 1.29 is 47.4 Å². The molecule has 0 saturated heterocycles. The van der Waals surface area contributed by atoms with E-state index in [-0.39, 0.29) is 5.92 Å². The van der Waals surface area contributed by atoms with E-state index in [1.807, 2.05) is 0 Å². The van der Waals surface area contributed by atoms with Crippen molar-refractivity contribution in [3.05, 3.63) is 123 Å². The van der Waals surface area contributed by atoms with Gasteiger partial charge in [-0.1, -0.05) is 0 Å². The molecule has 2 aromatic rings.